The maximum atomic E-state index is 13.4. The van der Waals surface area contributed by atoms with E-state index in [1.165, 1.54) is 17.6 Å². The predicted molar refractivity (Wildman–Crippen MR) is 109 cm³/mol. The second-order valence-corrected chi connectivity index (χ2v) is 8.87. The van der Waals surface area contributed by atoms with Crippen molar-refractivity contribution in [3.63, 3.8) is 0 Å². The third kappa shape index (κ3) is 4.16. The smallest absolute Gasteiger partial charge is 0.257 e. The number of benzene rings is 1. The van der Waals surface area contributed by atoms with E-state index in [0.29, 0.717) is 43.1 Å². The van der Waals surface area contributed by atoms with Gasteiger partial charge in [0, 0.05) is 19.6 Å². The topological polar surface area (TPSA) is 95.6 Å². The molecule has 9 heteroatoms. The molecule has 0 aliphatic carbocycles. The fraction of sp³-hybridized carbons (Fsp3) is 0.500. The molecule has 1 N–H and O–H groups in total. The lowest BCUT2D eigenvalue weighted by molar-refractivity contribution is 0.0769. The molecule has 158 valence electrons. The van der Waals surface area contributed by atoms with Crippen LogP contribution in [0.15, 0.2) is 35.4 Å². The monoisotopic (exact) mass is 420 g/mol. The van der Waals surface area contributed by atoms with Crippen molar-refractivity contribution < 1.29 is 17.9 Å². The molecule has 29 heavy (non-hydrogen) atoms. The fourth-order valence-electron chi connectivity index (χ4n) is 3.77. The van der Waals surface area contributed by atoms with Crippen molar-refractivity contribution in [3.8, 4) is 5.75 Å². The highest BCUT2D eigenvalue weighted by Gasteiger charge is 2.37. The summed E-state index contributed by atoms with van der Waals surface area (Å²) in [5.41, 5.74) is 1.01. The Bertz CT molecular complexity index is 936. The maximum Gasteiger partial charge on any atom is 0.257 e. The summed E-state index contributed by atoms with van der Waals surface area (Å²) < 4.78 is 33.4. The summed E-state index contributed by atoms with van der Waals surface area (Å²) in [7, 11) is -2.19. The number of ether oxygens (including phenoxy) is 1. The maximum absolute atomic E-state index is 13.4. The van der Waals surface area contributed by atoms with E-state index < -0.39 is 16.1 Å². The molecule has 2 aromatic rings. The largest absolute Gasteiger partial charge is 0.497 e. The van der Waals surface area contributed by atoms with Crippen molar-refractivity contribution in [2.45, 2.75) is 44.0 Å². The van der Waals surface area contributed by atoms with Gasteiger partial charge < -0.3 is 9.64 Å². The van der Waals surface area contributed by atoms with Gasteiger partial charge in [0.05, 0.1) is 35.5 Å². The van der Waals surface area contributed by atoms with Gasteiger partial charge in [-0.1, -0.05) is 6.42 Å². The highest BCUT2D eigenvalue weighted by Crippen LogP contribution is 2.36. The zero-order valence-electron chi connectivity index (χ0n) is 17.1. The number of carbonyl (C=O) groups is 1. The Kier molecular flexibility index (Phi) is 6.59. The number of hydrogen-bond acceptors (Lipinski definition) is 5. The first-order chi connectivity index (χ1) is 13.9. The molecular formula is C20H28N4O4S. The van der Waals surface area contributed by atoms with E-state index in [4.69, 9.17) is 4.74 Å². The van der Waals surface area contributed by atoms with Crippen LogP contribution in [0, 0.1) is 0 Å². The highest BCUT2D eigenvalue weighted by atomic mass is 32.2. The van der Waals surface area contributed by atoms with E-state index in [0.717, 1.165) is 12.8 Å². The number of piperidine rings is 1. The molecule has 1 saturated heterocycles. The minimum atomic E-state index is -3.73. The van der Waals surface area contributed by atoms with Crippen LogP contribution >= 0.6 is 0 Å². The van der Waals surface area contributed by atoms with Gasteiger partial charge in [0.15, 0.2) is 0 Å². The van der Waals surface area contributed by atoms with E-state index in [9.17, 15) is 13.2 Å². The quantitative estimate of drug-likeness (QED) is 0.743. The molecule has 0 spiro atoms. The summed E-state index contributed by atoms with van der Waals surface area (Å²) in [6.45, 7) is 5.40. The summed E-state index contributed by atoms with van der Waals surface area (Å²) in [6, 6.07) is 5.92. The van der Waals surface area contributed by atoms with Crippen LogP contribution in [0.2, 0.25) is 0 Å². The third-order valence-electron chi connectivity index (χ3n) is 5.40. The molecule has 0 radical (unpaired) electrons. The van der Waals surface area contributed by atoms with Gasteiger partial charge in [-0.05, 0) is 51.0 Å². The van der Waals surface area contributed by atoms with Crippen molar-refractivity contribution >= 4 is 15.9 Å². The molecule has 8 nitrogen and oxygen atoms in total. The number of aromatic amines is 1. The van der Waals surface area contributed by atoms with Gasteiger partial charge in [-0.15, -0.1) is 0 Å². The molecule has 0 bridgehead atoms. The first-order valence-electron chi connectivity index (χ1n) is 9.92. The van der Waals surface area contributed by atoms with Crippen molar-refractivity contribution in [1.82, 2.24) is 19.4 Å². The van der Waals surface area contributed by atoms with Crippen LogP contribution in [0.4, 0.5) is 0 Å². The SMILES string of the molecule is CCN(CC)C(=O)c1cn[nH]c1[C@@H]1CCCCN1S(=O)(=O)c1ccc(OC)cc1. The van der Waals surface area contributed by atoms with E-state index >= 15 is 0 Å². The summed E-state index contributed by atoms with van der Waals surface area (Å²) in [5.74, 6) is 0.464. The van der Waals surface area contributed by atoms with Crippen LogP contribution in [0.5, 0.6) is 5.75 Å². The van der Waals surface area contributed by atoms with Gasteiger partial charge in [0.2, 0.25) is 10.0 Å². The number of H-pyrrole nitrogens is 1. The van der Waals surface area contributed by atoms with Crippen molar-refractivity contribution in [2.24, 2.45) is 0 Å². The first-order valence-corrected chi connectivity index (χ1v) is 11.4. The number of hydrogen-bond donors (Lipinski definition) is 1. The Balaban J connectivity index is 1.97. The van der Waals surface area contributed by atoms with Crippen molar-refractivity contribution in [2.75, 3.05) is 26.7 Å². The fourth-order valence-corrected chi connectivity index (χ4v) is 5.43. The molecule has 0 saturated carbocycles. The molecule has 1 amide bonds. The standard InChI is InChI=1S/C20H28N4O4S/c1-4-23(5-2)20(25)17-14-21-22-19(17)18-8-6-7-13-24(18)29(26,27)16-11-9-15(28-3)10-12-16/h9-12,14,18H,4-8,13H2,1-3H3,(H,21,22)/t18-/m0/s1. The summed E-state index contributed by atoms with van der Waals surface area (Å²) >= 11 is 0. The highest BCUT2D eigenvalue weighted by molar-refractivity contribution is 7.89. The van der Waals surface area contributed by atoms with Crippen LogP contribution in [0.1, 0.15) is 55.2 Å². The summed E-state index contributed by atoms with van der Waals surface area (Å²) in [4.78, 5) is 14.8. The molecular weight excluding hydrogens is 392 g/mol. The lowest BCUT2D eigenvalue weighted by Crippen LogP contribution is -2.40. The number of methoxy groups -OCH3 is 1. The number of nitrogens with one attached hydrogen (secondary N) is 1. The molecule has 1 aliphatic heterocycles. The number of nitrogens with zero attached hydrogens (tertiary/aromatic N) is 3. The van der Waals surface area contributed by atoms with E-state index in [1.54, 1.807) is 29.2 Å². The second-order valence-electron chi connectivity index (χ2n) is 6.98. The molecule has 2 heterocycles. The first kappa shape index (κ1) is 21.3. The average molecular weight is 421 g/mol. The van der Waals surface area contributed by atoms with Gasteiger partial charge >= 0.3 is 0 Å². The minimum absolute atomic E-state index is 0.133. The zero-order valence-corrected chi connectivity index (χ0v) is 17.9. The number of aromatic nitrogens is 2. The molecule has 1 fully saturated rings. The van der Waals surface area contributed by atoms with E-state index in [2.05, 4.69) is 10.2 Å². The lowest BCUT2D eigenvalue weighted by Gasteiger charge is -2.34. The van der Waals surface area contributed by atoms with Crippen molar-refractivity contribution in [3.05, 3.63) is 41.7 Å². The van der Waals surface area contributed by atoms with Crippen LogP contribution in [-0.2, 0) is 10.0 Å². The molecule has 0 unspecified atom stereocenters. The van der Waals surface area contributed by atoms with E-state index in [-0.39, 0.29) is 10.8 Å². The van der Waals surface area contributed by atoms with Crippen LogP contribution in [0.3, 0.4) is 0 Å². The normalized spacial score (nSPS) is 17.8. The second kappa shape index (κ2) is 8.96. The Morgan fingerprint density at radius 1 is 1.24 bits per heavy atom. The lowest BCUT2D eigenvalue weighted by atomic mass is 9.99. The van der Waals surface area contributed by atoms with Gasteiger partial charge in [0.25, 0.3) is 5.91 Å². The molecule has 1 aromatic carbocycles. The number of carbonyl (C=O) groups excluding carboxylic acids is 1. The summed E-state index contributed by atoms with van der Waals surface area (Å²) in [6.07, 6.45) is 3.80. The third-order valence-corrected chi connectivity index (χ3v) is 7.33. The number of rotatable bonds is 7. The molecule has 1 aliphatic rings. The number of sulfonamides is 1. The Labute approximate surface area is 171 Å². The summed E-state index contributed by atoms with van der Waals surface area (Å²) in [5, 5.41) is 6.98. The molecule has 1 atom stereocenters. The van der Waals surface area contributed by atoms with Crippen molar-refractivity contribution in [1.29, 1.82) is 0 Å². The van der Waals surface area contributed by atoms with Gasteiger partial charge in [-0.2, -0.15) is 9.40 Å². The van der Waals surface area contributed by atoms with Gasteiger partial charge in [-0.25, -0.2) is 8.42 Å². The Morgan fingerprint density at radius 2 is 1.93 bits per heavy atom. The van der Waals surface area contributed by atoms with Crippen LogP contribution in [-0.4, -0.2) is 60.5 Å². The Morgan fingerprint density at radius 3 is 2.55 bits per heavy atom. The minimum Gasteiger partial charge on any atom is -0.497 e. The number of amides is 1. The predicted octanol–water partition coefficient (Wildman–Crippen LogP) is 2.82. The van der Waals surface area contributed by atoms with Gasteiger partial charge in [0.1, 0.15) is 5.75 Å². The Hall–Kier alpha value is -2.39. The molecule has 3 rings (SSSR count). The average Bonchev–Trinajstić information content (AvgIpc) is 3.24. The molecule has 1 aromatic heterocycles. The van der Waals surface area contributed by atoms with Gasteiger partial charge in [-0.3, -0.25) is 9.89 Å². The zero-order chi connectivity index (χ0) is 21.0. The van der Waals surface area contributed by atoms with Crippen LogP contribution < -0.4 is 4.74 Å². The van der Waals surface area contributed by atoms with Crippen LogP contribution in [0.25, 0.3) is 0 Å². The van der Waals surface area contributed by atoms with E-state index in [1.807, 2.05) is 13.8 Å².